The van der Waals surface area contributed by atoms with E-state index in [-0.39, 0.29) is 18.9 Å². The van der Waals surface area contributed by atoms with E-state index in [2.05, 4.69) is 41.5 Å². The van der Waals surface area contributed by atoms with Crippen molar-refractivity contribution in [3.63, 3.8) is 0 Å². The van der Waals surface area contributed by atoms with Gasteiger partial charge in [-0.05, 0) is 0 Å². The maximum atomic E-state index is 5.96. The molecule has 0 heterocycles. The zero-order valence-electron chi connectivity index (χ0n) is 16.9. The van der Waals surface area contributed by atoms with Crippen LogP contribution in [0.25, 0.3) is 4.65 Å². The van der Waals surface area contributed by atoms with Gasteiger partial charge in [0, 0.05) is 0 Å². The summed E-state index contributed by atoms with van der Waals surface area (Å²) >= 11 is 0. The van der Waals surface area contributed by atoms with Crippen LogP contribution in [0.15, 0.2) is 0 Å². The molecular weight excluding hydrogens is 293 g/mol. The van der Waals surface area contributed by atoms with Crippen LogP contribution in [0.3, 0.4) is 0 Å². The molecule has 0 aliphatic carbocycles. The molecular formula is C18H42LiNSi2. The zero-order chi connectivity index (χ0) is 16.2. The van der Waals surface area contributed by atoms with E-state index in [0.717, 1.165) is 0 Å². The maximum Gasteiger partial charge on any atom is 1.00 e. The Bertz CT molecular complexity index is 191. The summed E-state index contributed by atoms with van der Waals surface area (Å²) in [7, 11) is -2.71. The van der Waals surface area contributed by atoms with Crippen molar-refractivity contribution in [3.05, 3.63) is 4.65 Å². The van der Waals surface area contributed by atoms with Crippen molar-refractivity contribution in [1.82, 2.24) is 0 Å². The van der Waals surface area contributed by atoms with Crippen LogP contribution in [0.2, 0.25) is 36.3 Å². The topological polar surface area (TPSA) is 14.1 Å². The van der Waals surface area contributed by atoms with Crippen LogP contribution in [0, 0.1) is 0 Å². The van der Waals surface area contributed by atoms with Gasteiger partial charge in [-0.3, -0.25) is 0 Å². The molecule has 0 rings (SSSR count). The summed E-state index contributed by atoms with van der Waals surface area (Å²) in [6.45, 7) is 14.3. The van der Waals surface area contributed by atoms with Gasteiger partial charge in [0.25, 0.3) is 0 Å². The molecule has 0 amide bonds. The van der Waals surface area contributed by atoms with Gasteiger partial charge in [0.1, 0.15) is 0 Å². The fraction of sp³-hybridized carbons (Fsp3) is 1.00. The summed E-state index contributed by atoms with van der Waals surface area (Å²) in [5.41, 5.74) is 0. The van der Waals surface area contributed by atoms with Gasteiger partial charge in [0.05, 0.1) is 0 Å². The molecule has 0 aliphatic heterocycles. The third-order valence-electron chi connectivity index (χ3n) is 4.77. The van der Waals surface area contributed by atoms with E-state index >= 15 is 0 Å². The first-order valence-electron chi connectivity index (χ1n) is 9.81. The SMILES string of the molecule is CCC[Si](CCC)(CCC)[N-][Si](CCC)(CCC)CCC.[Li+]. The molecule has 0 saturated carbocycles. The summed E-state index contributed by atoms with van der Waals surface area (Å²) in [4.78, 5) is 0. The van der Waals surface area contributed by atoms with Crippen molar-refractivity contribution in [2.24, 2.45) is 0 Å². The van der Waals surface area contributed by atoms with Crippen LogP contribution in [-0.4, -0.2) is 16.5 Å². The fourth-order valence-corrected chi connectivity index (χ4v) is 18.2. The maximum absolute atomic E-state index is 5.96. The summed E-state index contributed by atoms with van der Waals surface area (Å²) < 4.78 is 5.96. The number of hydrogen-bond acceptors (Lipinski definition) is 0. The zero-order valence-corrected chi connectivity index (χ0v) is 18.9. The van der Waals surface area contributed by atoms with Gasteiger partial charge in [0.2, 0.25) is 0 Å². The van der Waals surface area contributed by atoms with Crippen molar-refractivity contribution >= 4 is 16.5 Å². The van der Waals surface area contributed by atoms with E-state index in [1.807, 2.05) is 0 Å². The quantitative estimate of drug-likeness (QED) is 0.408. The number of hydrogen-bond donors (Lipinski definition) is 0. The standard InChI is InChI=1S/C18H42NSi2.Li/c1-7-13-20(14-8-2,15-9-3)19-21(16-10-4,17-11-5)18-12-6;/h7-18H2,1-6H3;/q-1;+1. The molecule has 0 N–H and O–H groups in total. The molecule has 128 valence electrons. The van der Waals surface area contributed by atoms with E-state index < -0.39 is 16.5 Å². The first-order valence-corrected chi connectivity index (χ1v) is 14.9. The molecule has 4 heteroatoms. The molecule has 0 aromatic carbocycles. The van der Waals surface area contributed by atoms with Gasteiger partial charge >= 0.3 is 18.9 Å². The number of rotatable bonds is 14. The molecule has 0 bridgehead atoms. The van der Waals surface area contributed by atoms with Crippen LogP contribution in [0.1, 0.15) is 80.1 Å². The average molecular weight is 336 g/mol. The van der Waals surface area contributed by atoms with Gasteiger partial charge in [-0.25, -0.2) is 0 Å². The predicted octanol–water partition coefficient (Wildman–Crippen LogP) is 4.72. The second-order valence-electron chi connectivity index (χ2n) is 7.06. The summed E-state index contributed by atoms with van der Waals surface area (Å²) in [6.07, 6.45) is 8.11. The molecule has 0 aromatic heterocycles. The first-order chi connectivity index (χ1) is 10.1. The second-order valence-corrected chi connectivity index (χ2v) is 15.9. The van der Waals surface area contributed by atoms with Crippen LogP contribution >= 0.6 is 0 Å². The van der Waals surface area contributed by atoms with Crippen LogP contribution in [0.4, 0.5) is 0 Å². The number of nitrogens with zero attached hydrogens (tertiary/aromatic N) is 1. The normalized spacial score (nSPS) is 12.3. The Balaban J connectivity index is 0. The van der Waals surface area contributed by atoms with Gasteiger partial charge in [-0.1, -0.05) is 133 Å². The van der Waals surface area contributed by atoms with Gasteiger partial charge in [-0.2, -0.15) is 0 Å². The average Bonchev–Trinajstić information content (AvgIpc) is 2.40. The van der Waals surface area contributed by atoms with E-state index in [1.54, 1.807) is 0 Å². The Morgan fingerprint density at radius 3 is 0.773 bits per heavy atom. The van der Waals surface area contributed by atoms with Crippen molar-refractivity contribution in [3.8, 4) is 0 Å². The van der Waals surface area contributed by atoms with Gasteiger partial charge in [0.15, 0.2) is 0 Å². The molecule has 0 atom stereocenters. The minimum absolute atomic E-state index is 0. The van der Waals surface area contributed by atoms with E-state index in [1.165, 1.54) is 74.8 Å². The molecule has 0 saturated heterocycles. The molecule has 0 spiro atoms. The smallest absolute Gasteiger partial charge is 0.666 e. The van der Waals surface area contributed by atoms with Gasteiger partial charge < -0.3 is 4.65 Å². The first kappa shape index (κ1) is 25.2. The Kier molecular flexibility index (Phi) is 16.5. The van der Waals surface area contributed by atoms with E-state index in [0.29, 0.717) is 0 Å². The van der Waals surface area contributed by atoms with E-state index in [4.69, 9.17) is 4.65 Å². The summed E-state index contributed by atoms with van der Waals surface area (Å²) in [5, 5.41) is 0. The molecule has 0 aromatic rings. The monoisotopic (exact) mass is 335 g/mol. The third kappa shape index (κ3) is 8.73. The molecule has 22 heavy (non-hydrogen) atoms. The van der Waals surface area contributed by atoms with Crippen molar-refractivity contribution in [2.45, 2.75) is 116 Å². The fourth-order valence-electron chi connectivity index (χ4n) is 4.38. The van der Waals surface area contributed by atoms with E-state index in [9.17, 15) is 0 Å². The third-order valence-corrected chi connectivity index (χ3v) is 17.1. The Morgan fingerprint density at radius 1 is 0.455 bits per heavy atom. The predicted molar refractivity (Wildman–Crippen MR) is 105 cm³/mol. The van der Waals surface area contributed by atoms with Crippen molar-refractivity contribution < 1.29 is 18.9 Å². The van der Waals surface area contributed by atoms with Gasteiger partial charge in [-0.15, -0.1) is 0 Å². The summed E-state index contributed by atoms with van der Waals surface area (Å²) in [5.74, 6) is 0. The molecule has 0 aliphatic rings. The van der Waals surface area contributed by atoms with Crippen molar-refractivity contribution in [1.29, 1.82) is 0 Å². The van der Waals surface area contributed by atoms with Crippen LogP contribution in [0.5, 0.6) is 0 Å². The van der Waals surface area contributed by atoms with Crippen LogP contribution < -0.4 is 18.9 Å². The largest absolute Gasteiger partial charge is 1.00 e. The molecule has 1 nitrogen and oxygen atoms in total. The van der Waals surface area contributed by atoms with Crippen molar-refractivity contribution in [2.75, 3.05) is 0 Å². The molecule has 0 fully saturated rings. The summed E-state index contributed by atoms with van der Waals surface area (Å²) in [6, 6.07) is 8.75. The second kappa shape index (κ2) is 14.3. The molecule has 0 radical (unpaired) electrons. The minimum atomic E-state index is -1.36. The molecule has 0 unspecified atom stereocenters. The Morgan fingerprint density at radius 2 is 0.636 bits per heavy atom. The Hall–Kier alpha value is 0.991. The Labute approximate surface area is 156 Å². The minimum Gasteiger partial charge on any atom is -0.666 e. The van der Waals surface area contributed by atoms with Crippen LogP contribution in [-0.2, 0) is 0 Å².